The van der Waals surface area contributed by atoms with E-state index in [9.17, 15) is 0 Å². The first kappa shape index (κ1) is 9.96. The molecule has 4 heteroatoms. The van der Waals surface area contributed by atoms with Crippen LogP contribution in [0.1, 0.15) is 0 Å². The van der Waals surface area contributed by atoms with Gasteiger partial charge in [-0.2, -0.15) is 0 Å². The van der Waals surface area contributed by atoms with Crippen molar-refractivity contribution in [1.82, 2.24) is 4.98 Å². The molecule has 81 valence electrons. The number of aromatic nitrogens is 1. The van der Waals surface area contributed by atoms with Crippen LogP contribution in [0, 0.1) is 0 Å². The highest BCUT2D eigenvalue weighted by atomic mass is 15.3. The molecule has 2 aromatic rings. The number of benzene rings is 1. The summed E-state index contributed by atoms with van der Waals surface area (Å²) < 4.78 is 0. The standard InChI is InChI=1S/C13H11BN3/c1-2-6-12(7-3-1)16-10-11-17(14-16)13-8-4-5-9-15-13/h1-11H. The molecule has 0 saturated carbocycles. The zero-order chi connectivity index (χ0) is 11.5. The number of pyridine rings is 1. The summed E-state index contributed by atoms with van der Waals surface area (Å²) >= 11 is 0. The Balaban J connectivity index is 1.78. The fourth-order valence-corrected chi connectivity index (χ4v) is 1.75. The lowest BCUT2D eigenvalue weighted by atomic mass is 10.1. The normalized spacial score (nSPS) is 13.9. The number of para-hydroxylation sites is 1. The summed E-state index contributed by atoms with van der Waals surface area (Å²) in [6.45, 7) is 0. The van der Waals surface area contributed by atoms with Crippen LogP contribution >= 0.6 is 0 Å². The van der Waals surface area contributed by atoms with E-state index >= 15 is 0 Å². The minimum atomic E-state index is 0.919. The Morgan fingerprint density at radius 1 is 0.824 bits per heavy atom. The number of rotatable bonds is 2. The lowest BCUT2D eigenvalue weighted by Crippen LogP contribution is -2.29. The fraction of sp³-hybridized carbons (Fsp3) is 0. The molecule has 1 aromatic heterocycles. The highest BCUT2D eigenvalue weighted by Crippen LogP contribution is 2.20. The fourth-order valence-electron chi connectivity index (χ4n) is 1.75. The Kier molecular flexibility index (Phi) is 2.54. The molecule has 2 heterocycles. The molecule has 0 unspecified atom stereocenters. The molecule has 1 aromatic carbocycles. The zero-order valence-corrected chi connectivity index (χ0v) is 9.27. The molecular formula is C13H11BN3. The molecule has 3 rings (SSSR count). The minimum Gasteiger partial charge on any atom is -0.374 e. The molecule has 0 spiro atoms. The summed E-state index contributed by atoms with van der Waals surface area (Å²) in [5, 5.41) is 0. The highest BCUT2D eigenvalue weighted by molar-refractivity contribution is 6.49. The van der Waals surface area contributed by atoms with E-state index in [1.165, 1.54) is 0 Å². The third-order valence-corrected chi connectivity index (χ3v) is 2.60. The van der Waals surface area contributed by atoms with Crippen molar-refractivity contribution in [2.24, 2.45) is 0 Å². The monoisotopic (exact) mass is 220 g/mol. The second-order valence-electron chi connectivity index (χ2n) is 3.75. The summed E-state index contributed by atoms with van der Waals surface area (Å²) in [6, 6.07) is 16.1. The topological polar surface area (TPSA) is 19.4 Å². The van der Waals surface area contributed by atoms with Gasteiger partial charge >= 0.3 is 7.55 Å². The quantitative estimate of drug-likeness (QED) is 0.724. The SMILES string of the molecule is [B]1N(c2ccccc2)C=CN1c1ccccn1. The lowest BCUT2D eigenvalue weighted by molar-refractivity contribution is 1.25. The molecule has 0 aliphatic carbocycles. The molecule has 0 N–H and O–H groups in total. The smallest absolute Gasteiger partial charge is 0.374 e. The van der Waals surface area contributed by atoms with Crippen LogP contribution in [0.2, 0.25) is 0 Å². The van der Waals surface area contributed by atoms with E-state index < -0.39 is 0 Å². The summed E-state index contributed by atoms with van der Waals surface area (Å²) in [5.41, 5.74) is 1.14. The molecule has 17 heavy (non-hydrogen) atoms. The van der Waals surface area contributed by atoms with E-state index in [0.29, 0.717) is 0 Å². The lowest BCUT2D eigenvalue weighted by Gasteiger charge is -2.18. The Morgan fingerprint density at radius 3 is 2.35 bits per heavy atom. The minimum absolute atomic E-state index is 0.919. The van der Waals surface area contributed by atoms with Gasteiger partial charge in [0, 0.05) is 24.3 Å². The molecule has 3 nitrogen and oxygen atoms in total. The van der Waals surface area contributed by atoms with Gasteiger partial charge in [-0.05, 0) is 24.3 Å². The average Bonchev–Trinajstić information content (AvgIpc) is 2.90. The maximum atomic E-state index is 4.31. The maximum absolute atomic E-state index is 4.31. The van der Waals surface area contributed by atoms with Crippen LogP contribution in [0.15, 0.2) is 67.1 Å². The van der Waals surface area contributed by atoms with Gasteiger partial charge in [-0.25, -0.2) is 4.98 Å². The second-order valence-corrected chi connectivity index (χ2v) is 3.75. The van der Waals surface area contributed by atoms with E-state index in [0.717, 1.165) is 11.5 Å². The third kappa shape index (κ3) is 2.02. The van der Waals surface area contributed by atoms with E-state index in [1.807, 2.05) is 61.2 Å². The number of hydrogen-bond acceptors (Lipinski definition) is 3. The van der Waals surface area contributed by atoms with Crippen molar-refractivity contribution in [2.75, 3.05) is 9.62 Å². The van der Waals surface area contributed by atoms with Gasteiger partial charge < -0.3 is 9.62 Å². The Bertz CT molecular complexity index is 465. The third-order valence-electron chi connectivity index (χ3n) is 2.60. The van der Waals surface area contributed by atoms with Gasteiger partial charge in [-0.3, -0.25) is 0 Å². The molecule has 0 saturated heterocycles. The first-order valence-electron chi connectivity index (χ1n) is 5.49. The van der Waals surface area contributed by atoms with Crippen LogP contribution in [0.4, 0.5) is 11.5 Å². The van der Waals surface area contributed by atoms with Gasteiger partial charge in [0.05, 0.1) is 0 Å². The van der Waals surface area contributed by atoms with Gasteiger partial charge in [0.2, 0.25) is 0 Å². The van der Waals surface area contributed by atoms with Gasteiger partial charge in [-0.15, -0.1) is 0 Å². The molecule has 0 fully saturated rings. The van der Waals surface area contributed by atoms with Crippen molar-refractivity contribution in [3.8, 4) is 0 Å². The zero-order valence-electron chi connectivity index (χ0n) is 9.27. The largest absolute Gasteiger partial charge is 0.401 e. The summed E-state index contributed by atoms with van der Waals surface area (Å²) in [6.07, 6.45) is 5.81. The van der Waals surface area contributed by atoms with E-state index in [4.69, 9.17) is 0 Å². The summed E-state index contributed by atoms with van der Waals surface area (Å²) in [7, 11) is 2.01. The Hall–Kier alpha value is -2.23. The second kappa shape index (κ2) is 4.33. The van der Waals surface area contributed by atoms with Crippen LogP contribution < -0.4 is 9.62 Å². The predicted molar refractivity (Wildman–Crippen MR) is 70.5 cm³/mol. The van der Waals surface area contributed by atoms with Gasteiger partial charge in [0.15, 0.2) is 0 Å². The van der Waals surface area contributed by atoms with Crippen molar-refractivity contribution >= 4 is 19.1 Å². The Labute approximate surface area is 101 Å². The number of hydrogen-bond donors (Lipinski definition) is 0. The van der Waals surface area contributed by atoms with Crippen LogP contribution in [-0.4, -0.2) is 12.5 Å². The van der Waals surface area contributed by atoms with E-state index in [-0.39, 0.29) is 0 Å². The van der Waals surface area contributed by atoms with Gasteiger partial charge in [0.1, 0.15) is 5.82 Å². The first-order valence-corrected chi connectivity index (χ1v) is 5.49. The molecule has 1 aliphatic heterocycles. The Morgan fingerprint density at radius 2 is 1.59 bits per heavy atom. The van der Waals surface area contributed by atoms with Crippen molar-refractivity contribution in [1.29, 1.82) is 0 Å². The molecule has 0 amide bonds. The van der Waals surface area contributed by atoms with Gasteiger partial charge in [-0.1, -0.05) is 24.3 Å². The van der Waals surface area contributed by atoms with E-state index in [1.54, 1.807) is 6.20 Å². The summed E-state index contributed by atoms with van der Waals surface area (Å²) in [5.74, 6) is 0.919. The number of nitrogens with zero attached hydrogens (tertiary/aromatic N) is 3. The molecular weight excluding hydrogens is 209 g/mol. The molecule has 0 atom stereocenters. The molecule has 1 radical (unpaired) electrons. The van der Waals surface area contributed by atoms with Crippen LogP contribution in [-0.2, 0) is 0 Å². The van der Waals surface area contributed by atoms with Crippen molar-refractivity contribution in [3.63, 3.8) is 0 Å². The predicted octanol–water partition coefficient (Wildman–Crippen LogP) is 2.41. The van der Waals surface area contributed by atoms with Crippen LogP contribution in [0.25, 0.3) is 0 Å². The van der Waals surface area contributed by atoms with E-state index in [2.05, 4.69) is 21.9 Å². The van der Waals surface area contributed by atoms with Gasteiger partial charge in [0.25, 0.3) is 0 Å². The maximum Gasteiger partial charge on any atom is 0.401 e. The average molecular weight is 220 g/mol. The highest BCUT2D eigenvalue weighted by Gasteiger charge is 2.18. The molecule has 0 bridgehead atoms. The van der Waals surface area contributed by atoms with Crippen molar-refractivity contribution in [3.05, 3.63) is 67.1 Å². The molecule has 1 aliphatic rings. The summed E-state index contributed by atoms with van der Waals surface area (Å²) in [4.78, 5) is 8.36. The van der Waals surface area contributed by atoms with Crippen LogP contribution in [0.5, 0.6) is 0 Å². The van der Waals surface area contributed by atoms with Crippen molar-refractivity contribution < 1.29 is 0 Å². The van der Waals surface area contributed by atoms with Crippen molar-refractivity contribution in [2.45, 2.75) is 0 Å². The van der Waals surface area contributed by atoms with Crippen LogP contribution in [0.3, 0.4) is 0 Å². The number of anilines is 2. The first-order chi connectivity index (χ1) is 8.43.